The lowest BCUT2D eigenvalue weighted by Crippen LogP contribution is -2.57. The van der Waals surface area contributed by atoms with Crippen molar-refractivity contribution in [1.29, 1.82) is 0 Å². The summed E-state index contributed by atoms with van der Waals surface area (Å²) in [5.41, 5.74) is 0.722. The average molecular weight is 393 g/mol. The first-order chi connectivity index (χ1) is 13.0. The van der Waals surface area contributed by atoms with Crippen molar-refractivity contribution < 1.29 is 14.3 Å². The van der Waals surface area contributed by atoms with Gasteiger partial charge >= 0.3 is 5.97 Å². The molecule has 1 saturated heterocycles. The molecule has 1 amide bonds. The molecule has 8 heteroatoms. The Balaban J connectivity index is 1.91. The Kier molecular flexibility index (Phi) is 6.34. The zero-order chi connectivity index (χ0) is 19.4. The molecular formula is C19H25ClN4O3. The lowest BCUT2D eigenvalue weighted by molar-refractivity contribution is -0.153. The number of hydrogen-bond donors (Lipinski definition) is 1. The highest BCUT2D eigenvalue weighted by Gasteiger charge is 2.42. The van der Waals surface area contributed by atoms with Gasteiger partial charge in [0.05, 0.1) is 6.61 Å². The van der Waals surface area contributed by atoms with Gasteiger partial charge in [0.25, 0.3) is 0 Å². The third-order valence-electron chi connectivity index (χ3n) is 4.94. The molecule has 0 bridgehead atoms. The molecule has 146 valence electrons. The molecule has 7 nitrogen and oxygen atoms in total. The van der Waals surface area contributed by atoms with Gasteiger partial charge in [-0.3, -0.25) is 14.9 Å². The predicted molar refractivity (Wildman–Crippen MR) is 104 cm³/mol. The van der Waals surface area contributed by atoms with Crippen molar-refractivity contribution in [3.8, 4) is 0 Å². The van der Waals surface area contributed by atoms with Gasteiger partial charge in [-0.1, -0.05) is 30.7 Å². The summed E-state index contributed by atoms with van der Waals surface area (Å²) in [6.07, 6.45) is 0. The molecule has 2 heterocycles. The highest BCUT2D eigenvalue weighted by Crippen LogP contribution is 2.32. The summed E-state index contributed by atoms with van der Waals surface area (Å²) < 4.78 is 5.12. The fourth-order valence-corrected chi connectivity index (χ4v) is 3.63. The molecule has 2 atom stereocenters. The predicted octanol–water partition coefficient (Wildman–Crippen LogP) is 1.68. The number of nitrogens with one attached hydrogen (secondary N) is 1. The number of guanidine groups is 1. The Labute approximate surface area is 164 Å². The first kappa shape index (κ1) is 19.6. The summed E-state index contributed by atoms with van der Waals surface area (Å²) in [6, 6.07) is 6.46. The van der Waals surface area contributed by atoms with Gasteiger partial charge in [0.15, 0.2) is 5.92 Å². The molecule has 1 fully saturated rings. The van der Waals surface area contributed by atoms with Gasteiger partial charge in [0.2, 0.25) is 11.9 Å². The number of hydrogen-bond acceptors (Lipinski definition) is 6. The summed E-state index contributed by atoms with van der Waals surface area (Å²) >= 11 is 6.12. The molecule has 1 N–H and O–H groups in total. The van der Waals surface area contributed by atoms with E-state index in [2.05, 4.69) is 22.0 Å². The van der Waals surface area contributed by atoms with Gasteiger partial charge in [-0.05, 0) is 31.2 Å². The Bertz CT molecular complexity index is 731. The number of esters is 1. The number of amides is 1. The van der Waals surface area contributed by atoms with Crippen LogP contribution in [-0.2, 0) is 14.3 Å². The van der Waals surface area contributed by atoms with Crippen LogP contribution in [0.4, 0.5) is 0 Å². The van der Waals surface area contributed by atoms with E-state index < -0.39 is 17.9 Å². The number of carbonyl (C=O) groups is 2. The van der Waals surface area contributed by atoms with E-state index in [1.807, 2.05) is 6.07 Å². The summed E-state index contributed by atoms with van der Waals surface area (Å²) in [6.45, 7) is 8.44. The molecule has 2 aliphatic rings. The molecule has 1 aromatic carbocycles. The van der Waals surface area contributed by atoms with Crippen molar-refractivity contribution in [2.45, 2.75) is 19.9 Å². The van der Waals surface area contributed by atoms with Crippen molar-refractivity contribution in [1.82, 2.24) is 15.1 Å². The monoisotopic (exact) mass is 392 g/mol. The van der Waals surface area contributed by atoms with Crippen LogP contribution in [0, 0.1) is 5.92 Å². The van der Waals surface area contributed by atoms with Crippen molar-refractivity contribution in [2.75, 3.05) is 39.3 Å². The van der Waals surface area contributed by atoms with Crippen molar-refractivity contribution in [2.24, 2.45) is 10.9 Å². The van der Waals surface area contributed by atoms with E-state index in [0.717, 1.165) is 38.3 Å². The Morgan fingerprint density at radius 2 is 2.04 bits per heavy atom. The molecule has 0 radical (unpaired) electrons. The number of aliphatic imine (C=N–C) groups is 1. The lowest BCUT2D eigenvalue weighted by Gasteiger charge is -2.38. The van der Waals surface area contributed by atoms with Crippen molar-refractivity contribution >= 4 is 29.4 Å². The lowest BCUT2D eigenvalue weighted by atomic mass is 9.91. The van der Waals surface area contributed by atoms with Crippen LogP contribution < -0.4 is 5.32 Å². The Morgan fingerprint density at radius 3 is 2.67 bits per heavy atom. The minimum atomic E-state index is -1.02. The number of likely N-dealkylation sites (N-methyl/N-ethyl adjacent to an activating group) is 1. The Morgan fingerprint density at radius 1 is 1.30 bits per heavy atom. The molecule has 27 heavy (non-hydrogen) atoms. The maximum absolute atomic E-state index is 12.8. The highest BCUT2D eigenvalue weighted by molar-refractivity contribution is 6.30. The van der Waals surface area contributed by atoms with Crippen molar-refractivity contribution in [3.63, 3.8) is 0 Å². The van der Waals surface area contributed by atoms with Crippen LogP contribution >= 0.6 is 11.6 Å². The number of benzene rings is 1. The minimum Gasteiger partial charge on any atom is -0.465 e. The number of halogens is 1. The second-order valence-electron chi connectivity index (χ2n) is 6.59. The number of ether oxygens (including phenoxy) is 1. The van der Waals surface area contributed by atoms with Gasteiger partial charge in [-0.25, -0.2) is 4.99 Å². The van der Waals surface area contributed by atoms with Crippen LogP contribution in [0.5, 0.6) is 0 Å². The topological polar surface area (TPSA) is 74.2 Å². The fraction of sp³-hybridized carbons (Fsp3) is 0.526. The second kappa shape index (κ2) is 8.71. The van der Waals surface area contributed by atoms with Crippen LogP contribution in [0.15, 0.2) is 29.3 Å². The quantitative estimate of drug-likeness (QED) is 0.623. The third-order valence-corrected chi connectivity index (χ3v) is 5.18. The molecule has 0 unspecified atom stereocenters. The first-order valence-corrected chi connectivity index (χ1v) is 9.69. The van der Waals surface area contributed by atoms with Gasteiger partial charge in [0.1, 0.15) is 6.04 Å². The summed E-state index contributed by atoms with van der Waals surface area (Å²) in [7, 11) is 0. The maximum atomic E-state index is 12.8. The van der Waals surface area contributed by atoms with Crippen LogP contribution in [0.2, 0.25) is 5.02 Å². The molecule has 2 aliphatic heterocycles. The van der Waals surface area contributed by atoms with E-state index in [-0.39, 0.29) is 12.5 Å². The molecule has 0 aromatic heterocycles. The molecule has 0 saturated carbocycles. The number of piperazine rings is 1. The molecule has 0 spiro atoms. The smallest absolute Gasteiger partial charge is 0.321 e. The molecule has 0 aliphatic carbocycles. The second-order valence-corrected chi connectivity index (χ2v) is 7.03. The maximum Gasteiger partial charge on any atom is 0.321 e. The highest BCUT2D eigenvalue weighted by atomic mass is 35.5. The van der Waals surface area contributed by atoms with Crippen LogP contribution in [0.25, 0.3) is 0 Å². The van der Waals surface area contributed by atoms with E-state index >= 15 is 0 Å². The number of rotatable bonds is 4. The van der Waals surface area contributed by atoms with E-state index in [9.17, 15) is 9.59 Å². The van der Waals surface area contributed by atoms with E-state index in [1.54, 1.807) is 25.1 Å². The van der Waals surface area contributed by atoms with Gasteiger partial charge in [-0.2, -0.15) is 0 Å². The number of carbonyl (C=O) groups excluding carboxylic acids is 2. The summed E-state index contributed by atoms with van der Waals surface area (Å²) in [5, 5.41) is 3.34. The molecular weight excluding hydrogens is 368 g/mol. The normalized spacial score (nSPS) is 23.6. The van der Waals surface area contributed by atoms with Crippen LogP contribution in [-0.4, -0.2) is 67.0 Å². The van der Waals surface area contributed by atoms with E-state index in [4.69, 9.17) is 21.3 Å². The first-order valence-electron chi connectivity index (χ1n) is 9.31. The van der Waals surface area contributed by atoms with Gasteiger partial charge < -0.3 is 14.5 Å². The molecule has 3 rings (SSSR count). The van der Waals surface area contributed by atoms with Crippen LogP contribution in [0.1, 0.15) is 25.5 Å². The third kappa shape index (κ3) is 4.42. The zero-order valence-corrected chi connectivity index (χ0v) is 16.4. The standard InChI is InChI=1S/C19H25ClN4O3/c1-3-23-8-10-24(11-9-23)19-21-16(13-6-5-7-14(20)12-13)15(17(25)22-19)18(26)27-4-2/h5-7,12,15-16H,3-4,8-11H2,1-2H3,(H,21,22,25)/t15-,16-/m0/s1. The van der Waals surface area contributed by atoms with Gasteiger partial charge in [0, 0.05) is 31.2 Å². The number of nitrogens with zero attached hydrogens (tertiary/aromatic N) is 3. The van der Waals surface area contributed by atoms with Crippen LogP contribution in [0.3, 0.4) is 0 Å². The van der Waals surface area contributed by atoms with Gasteiger partial charge in [-0.15, -0.1) is 0 Å². The average Bonchev–Trinajstić information content (AvgIpc) is 2.67. The Hall–Kier alpha value is -2.12. The molecule has 1 aromatic rings. The fourth-order valence-electron chi connectivity index (χ4n) is 3.43. The SMILES string of the molecule is CCOC(=O)[C@@H]1C(=O)NC(N2CCN(CC)CC2)=N[C@H]1c1cccc(Cl)c1. The summed E-state index contributed by atoms with van der Waals surface area (Å²) in [4.78, 5) is 34.4. The summed E-state index contributed by atoms with van der Waals surface area (Å²) in [5.74, 6) is -1.47. The zero-order valence-electron chi connectivity index (χ0n) is 15.7. The minimum absolute atomic E-state index is 0.209. The van der Waals surface area contributed by atoms with E-state index in [1.165, 1.54) is 0 Å². The van der Waals surface area contributed by atoms with Crippen molar-refractivity contribution in [3.05, 3.63) is 34.9 Å². The largest absolute Gasteiger partial charge is 0.465 e. The van der Waals surface area contributed by atoms with E-state index in [0.29, 0.717) is 11.0 Å².